The molecule has 4 atom stereocenters. The second-order valence-electron chi connectivity index (χ2n) is 9.07. The lowest BCUT2D eigenvalue weighted by Crippen LogP contribution is -2.53. The van der Waals surface area contributed by atoms with Crippen molar-refractivity contribution in [1.29, 1.82) is 0 Å². The number of halogens is 2. The minimum Gasteiger partial charge on any atom is -0.508 e. The molecule has 7 nitrogen and oxygen atoms in total. The van der Waals surface area contributed by atoms with Crippen LogP contribution in [0.4, 0.5) is 15.8 Å². The molecule has 3 N–H and O–H groups in total. The highest BCUT2D eigenvalue weighted by Gasteiger charge is 2.70. The Morgan fingerprint density at radius 2 is 1.77 bits per heavy atom. The van der Waals surface area contributed by atoms with E-state index in [4.69, 9.17) is 0 Å². The third-order valence-electron chi connectivity index (χ3n) is 7.14. The molecule has 2 unspecified atom stereocenters. The van der Waals surface area contributed by atoms with E-state index in [1.54, 1.807) is 48.5 Å². The van der Waals surface area contributed by atoms with Crippen molar-refractivity contribution in [3.63, 3.8) is 0 Å². The van der Waals surface area contributed by atoms with E-state index in [-0.39, 0.29) is 5.75 Å². The monoisotopic (exact) mass is 535 g/mol. The van der Waals surface area contributed by atoms with Gasteiger partial charge in [0.05, 0.1) is 17.5 Å². The maximum absolute atomic E-state index is 14.4. The number of hydrogen-bond donors (Lipinski definition) is 3. The summed E-state index contributed by atoms with van der Waals surface area (Å²) in [6.07, 6.45) is 0.326. The zero-order valence-electron chi connectivity index (χ0n) is 18.2. The topological polar surface area (TPSA) is 98.7 Å². The van der Waals surface area contributed by atoms with Gasteiger partial charge in [-0.05, 0) is 60.5 Å². The van der Waals surface area contributed by atoms with Crippen LogP contribution in [0.3, 0.4) is 0 Å². The highest BCUT2D eigenvalue weighted by Crippen LogP contribution is 2.54. The summed E-state index contributed by atoms with van der Waals surface area (Å²) in [4.78, 5) is 42.3. The van der Waals surface area contributed by atoms with Crippen LogP contribution in [0.1, 0.15) is 11.1 Å². The third-order valence-corrected chi connectivity index (χ3v) is 7.63. The quantitative estimate of drug-likeness (QED) is 0.446. The number of phenolic OH excluding ortho intramolecular Hbond substituents is 1. The Hall–Kier alpha value is -3.56. The number of anilines is 2. The number of phenols is 1. The lowest BCUT2D eigenvalue weighted by Gasteiger charge is -2.29. The number of fused-ring (bicyclic) bond motifs is 4. The third kappa shape index (κ3) is 3.15. The summed E-state index contributed by atoms with van der Waals surface area (Å²) < 4.78 is 15.1. The first kappa shape index (κ1) is 21.9. The summed E-state index contributed by atoms with van der Waals surface area (Å²) in [5.41, 5.74) is 0.365. The van der Waals surface area contributed by atoms with Gasteiger partial charge < -0.3 is 10.4 Å². The van der Waals surface area contributed by atoms with Crippen LogP contribution in [0.15, 0.2) is 71.2 Å². The minimum atomic E-state index is -1.59. The normalized spacial score (nSPS) is 26.9. The van der Waals surface area contributed by atoms with Crippen molar-refractivity contribution >= 4 is 45.0 Å². The van der Waals surface area contributed by atoms with E-state index in [1.165, 1.54) is 18.2 Å². The molecule has 2 saturated heterocycles. The number of amides is 3. The first-order valence-electron chi connectivity index (χ1n) is 11.1. The van der Waals surface area contributed by atoms with Crippen LogP contribution in [0.5, 0.6) is 5.75 Å². The summed E-state index contributed by atoms with van der Waals surface area (Å²) in [5.74, 6) is -3.75. The number of benzene rings is 3. The molecular formula is C26H19BrFN3O4. The van der Waals surface area contributed by atoms with E-state index in [1.807, 2.05) is 0 Å². The molecule has 3 heterocycles. The number of nitrogens with zero attached hydrogens (tertiary/aromatic N) is 1. The van der Waals surface area contributed by atoms with Crippen LogP contribution >= 0.6 is 15.9 Å². The molecule has 3 amide bonds. The molecule has 0 aliphatic carbocycles. The highest BCUT2D eigenvalue weighted by atomic mass is 79.9. The summed E-state index contributed by atoms with van der Waals surface area (Å²) in [6.45, 7) is 0. The molecule has 3 aliphatic heterocycles. The van der Waals surface area contributed by atoms with Crippen LogP contribution in [0.25, 0.3) is 0 Å². The summed E-state index contributed by atoms with van der Waals surface area (Å²) in [6, 6.07) is 16.8. The second-order valence-corrected chi connectivity index (χ2v) is 9.98. The van der Waals surface area contributed by atoms with Crippen molar-refractivity contribution in [2.75, 3.05) is 10.2 Å². The Labute approximate surface area is 208 Å². The number of aromatic hydroxyl groups is 1. The van der Waals surface area contributed by atoms with Gasteiger partial charge in [0.1, 0.15) is 17.1 Å². The van der Waals surface area contributed by atoms with Gasteiger partial charge in [0.15, 0.2) is 0 Å². The SMILES string of the molecule is O=C1[C@@H]2C(Cc3ccc(O)cc3)NC3(C(=O)Nc4ccc(F)cc43)[C@@H]2C(=O)N1c1cccc(Br)c1. The van der Waals surface area contributed by atoms with E-state index < -0.39 is 47.0 Å². The van der Waals surface area contributed by atoms with Gasteiger partial charge in [-0.1, -0.05) is 34.1 Å². The van der Waals surface area contributed by atoms with E-state index in [9.17, 15) is 23.9 Å². The molecule has 0 aromatic heterocycles. The van der Waals surface area contributed by atoms with Crippen LogP contribution in [0, 0.1) is 17.7 Å². The Morgan fingerprint density at radius 3 is 2.51 bits per heavy atom. The predicted octanol–water partition coefficient (Wildman–Crippen LogP) is 3.46. The summed E-state index contributed by atoms with van der Waals surface area (Å²) in [7, 11) is 0. The lowest BCUT2D eigenvalue weighted by atomic mass is 9.76. The summed E-state index contributed by atoms with van der Waals surface area (Å²) >= 11 is 3.38. The van der Waals surface area contributed by atoms with Gasteiger partial charge in [-0.15, -0.1) is 0 Å². The molecule has 176 valence electrons. The lowest BCUT2D eigenvalue weighted by molar-refractivity contribution is -0.130. The number of carbonyl (C=O) groups excluding carboxylic acids is 3. The molecule has 0 saturated carbocycles. The molecule has 6 rings (SSSR count). The highest BCUT2D eigenvalue weighted by molar-refractivity contribution is 9.10. The maximum Gasteiger partial charge on any atom is 0.250 e. The molecule has 3 aliphatic rings. The van der Waals surface area contributed by atoms with Crippen LogP contribution in [-0.2, 0) is 26.3 Å². The summed E-state index contributed by atoms with van der Waals surface area (Å²) in [5, 5.41) is 15.7. The van der Waals surface area contributed by atoms with Gasteiger partial charge in [-0.3, -0.25) is 19.7 Å². The predicted molar refractivity (Wildman–Crippen MR) is 129 cm³/mol. The largest absolute Gasteiger partial charge is 0.508 e. The van der Waals surface area contributed by atoms with E-state index in [2.05, 4.69) is 26.6 Å². The van der Waals surface area contributed by atoms with Crippen molar-refractivity contribution in [2.45, 2.75) is 18.0 Å². The van der Waals surface area contributed by atoms with Crippen molar-refractivity contribution in [3.05, 3.63) is 88.1 Å². The van der Waals surface area contributed by atoms with Crippen LogP contribution in [-0.4, -0.2) is 28.9 Å². The van der Waals surface area contributed by atoms with Gasteiger partial charge in [0.2, 0.25) is 17.7 Å². The smallest absolute Gasteiger partial charge is 0.250 e. The average molecular weight is 536 g/mol. The number of imide groups is 1. The minimum absolute atomic E-state index is 0.106. The Morgan fingerprint density at radius 1 is 1.00 bits per heavy atom. The van der Waals surface area contributed by atoms with Crippen molar-refractivity contribution in [2.24, 2.45) is 11.8 Å². The number of carbonyl (C=O) groups is 3. The van der Waals surface area contributed by atoms with E-state index in [0.717, 1.165) is 10.5 Å². The Kier molecular flexibility index (Phi) is 4.84. The average Bonchev–Trinajstić information content (AvgIpc) is 3.40. The molecule has 3 aromatic carbocycles. The fraction of sp³-hybridized carbons (Fsp3) is 0.192. The van der Waals surface area contributed by atoms with E-state index in [0.29, 0.717) is 27.8 Å². The fourth-order valence-electron chi connectivity index (χ4n) is 5.70. The zero-order valence-corrected chi connectivity index (χ0v) is 19.8. The first-order chi connectivity index (χ1) is 16.8. The molecule has 1 spiro atoms. The molecule has 35 heavy (non-hydrogen) atoms. The van der Waals surface area contributed by atoms with Gasteiger partial charge in [-0.25, -0.2) is 9.29 Å². The van der Waals surface area contributed by atoms with E-state index >= 15 is 0 Å². The standard InChI is InChI=1S/C26H19BrFN3O4/c27-14-2-1-3-16(11-14)31-23(33)21-20(10-13-4-7-17(32)8-5-13)30-26(22(21)24(31)34)18-12-15(28)6-9-19(18)29-25(26)35/h1-9,11-12,20-22,30,32H,10H2,(H,29,35)/t20?,21-,22+,26?/m1/s1. The number of hydrogen-bond acceptors (Lipinski definition) is 5. The van der Waals surface area contributed by atoms with Gasteiger partial charge in [0.25, 0.3) is 0 Å². The van der Waals surface area contributed by atoms with Crippen LogP contribution < -0.4 is 15.5 Å². The van der Waals surface area contributed by atoms with Gasteiger partial charge in [0, 0.05) is 21.8 Å². The molecule has 0 bridgehead atoms. The second kappa shape index (κ2) is 7.73. The Balaban J connectivity index is 1.50. The molecule has 0 radical (unpaired) electrons. The molecule has 9 heteroatoms. The molecule has 3 aromatic rings. The van der Waals surface area contributed by atoms with Gasteiger partial charge >= 0.3 is 0 Å². The number of nitrogens with one attached hydrogen (secondary N) is 2. The zero-order chi connectivity index (χ0) is 24.5. The van der Waals surface area contributed by atoms with Crippen molar-refractivity contribution < 1.29 is 23.9 Å². The first-order valence-corrected chi connectivity index (χ1v) is 11.9. The number of rotatable bonds is 3. The molecular weight excluding hydrogens is 517 g/mol. The van der Waals surface area contributed by atoms with Gasteiger partial charge in [-0.2, -0.15) is 0 Å². The van der Waals surface area contributed by atoms with Crippen molar-refractivity contribution in [1.82, 2.24) is 5.32 Å². The fourth-order valence-corrected chi connectivity index (χ4v) is 6.09. The Bertz CT molecular complexity index is 1410. The molecule has 2 fully saturated rings. The van der Waals surface area contributed by atoms with Crippen LogP contribution in [0.2, 0.25) is 0 Å². The van der Waals surface area contributed by atoms with Crippen molar-refractivity contribution in [3.8, 4) is 5.75 Å². The maximum atomic E-state index is 14.4.